The Morgan fingerprint density at radius 3 is 2.46 bits per heavy atom. The molecule has 0 spiro atoms. The lowest BCUT2D eigenvalue weighted by Gasteiger charge is -2.34. The second-order valence-corrected chi connectivity index (χ2v) is 9.94. The van der Waals surface area contributed by atoms with Crippen LogP contribution in [0.25, 0.3) is 0 Å². The fourth-order valence-corrected chi connectivity index (χ4v) is 5.84. The van der Waals surface area contributed by atoms with Crippen LogP contribution in [0, 0.1) is 37.5 Å². The van der Waals surface area contributed by atoms with Gasteiger partial charge in [0.1, 0.15) is 6.04 Å². The van der Waals surface area contributed by atoms with Gasteiger partial charge < -0.3 is 20.1 Å². The largest absolute Gasteiger partial charge is 0.466 e. The quantitative estimate of drug-likeness (QED) is 0.415. The number of amides is 2. The van der Waals surface area contributed by atoms with Crippen LogP contribution in [0.5, 0.6) is 0 Å². The maximum Gasteiger partial charge on any atom is 0.310 e. The van der Waals surface area contributed by atoms with E-state index >= 15 is 0 Å². The van der Waals surface area contributed by atoms with Crippen LogP contribution in [-0.4, -0.2) is 47.0 Å². The van der Waals surface area contributed by atoms with E-state index in [0.29, 0.717) is 12.1 Å². The molecule has 1 heterocycles. The van der Waals surface area contributed by atoms with Gasteiger partial charge in [-0.3, -0.25) is 14.4 Å². The summed E-state index contributed by atoms with van der Waals surface area (Å²) < 4.78 is 5.40. The standard InChI is InChI=1S/C30H36N2O5/c1-5-20-14-15-22-26(25(20)30(36)37-6-2)29(35)32(24(17-33)21-10-8-7-9-11-21)27(22)28(34)31-23-16-18(3)12-13-19(23)4/h7-16,20,22,24-27,33H,5-6,17H2,1-4H3,(H,31,34)/t20-,22+,24-,25-,26-,27+/m1/s1. The molecule has 2 aromatic carbocycles. The Hall–Kier alpha value is -3.45. The molecule has 2 aliphatic rings. The van der Waals surface area contributed by atoms with Crippen LogP contribution in [0.4, 0.5) is 5.69 Å². The number of allylic oxidation sites excluding steroid dienone is 1. The Bertz CT molecular complexity index is 1180. The van der Waals surface area contributed by atoms with Crippen molar-refractivity contribution in [1.82, 2.24) is 4.90 Å². The van der Waals surface area contributed by atoms with Gasteiger partial charge in [0.15, 0.2) is 0 Å². The lowest BCUT2D eigenvalue weighted by molar-refractivity contribution is -0.156. The van der Waals surface area contributed by atoms with Crippen LogP contribution in [0.2, 0.25) is 0 Å². The highest BCUT2D eigenvalue weighted by molar-refractivity contribution is 6.02. The second kappa shape index (κ2) is 11.3. The molecule has 6 atom stereocenters. The minimum Gasteiger partial charge on any atom is -0.466 e. The first-order valence-corrected chi connectivity index (χ1v) is 13.0. The van der Waals surface area contributed by atoms with Crippen molar-refractivity contribution in [1.29, 1.82) is 0 Å². The molecule has 0 unspecified atom stereocenters. The summed E-state index contributed by atoms with van der Waals surface area (Å²) in [6, 6.07) is 13.4. The molecule has 2 N–H and O–H groups in total. The number of aliphatic hydroxyl groups is 1. The van der Waals surface area contributed by atoms with Crippen LogP contribution in [-0.2, 0) is 19.1 Å². The molecular weight excluding hydrogens is 468 g/mol. The monoisotopic (exact) mass is 504 g/mol. The number of carbonyl (C=O) groups excluding carboxylic acids is 3. The smallest absolute Gasteiger partial charge is 0.310 e. The molecule has 4 rings (SSSR count). The molecule has 1 aliphatic carbocycles. The molecule has 7 heteroatoms. The average Bonchev–Trinajstić information content (AvgIpc) is 3.19. The molecule has 0 bridgehead atoms. The van der Waals surface area contributed by atoms with Gasteiger partial charge in [0.2, 0.25) is 11.8 Å². The van der Waals surface area contributed by atoms with E-state index in [1.54, 1.807) is 6.92 Å². The maximum absolute atomic E-state index is 14.2. The van der Waals surface area contributed by atoms with Crippen molar-refractivity contribution in [3.8, 4) is 0 Å². The predicted molar refractivity (Wildman–Crippen MR) is 141 cm³/mol. The number of ether oxygens (including phenoxy) is 1. The molecule has 0 saturated carbocycles. The molecular formula is C30H36N2O5. The Morgan fingerprint density at radius 2 is 1.81 bits per heavy atom. The Morgan fingerprint density at radius 1 is 1.08 bits per heavy atom. The number of hydrogen-bond acceptors (Lipinski definition) is 5. The first-order chi connectivity index (χ1) is 17.8. The summed E-state index contributed by atoms with van der Waals surface area (Å²) in [6.45, 7) is 7.45. The lowest BCUT2D eigenvalue weighted by Crippen LogP contribution is -2.47. The number of aryl methyl sites for hydroxylation is 2. The van der Waals surface area contributed by atoms with Crippen molar-refractivity contribution in [2.24, 2.45) is 23.7 Å². The second-order valence-electron chi connectivity index (χ2n) is 9.94. The molecule has 2 aromatic rings. The van der Waals surface area contributed by atoms with Crippen molar-refractivity contribution >= 4 is 23.5 Å². The van der Waals surface area contributed by atoms with E-state index < -0.39 is 35.8 Å². The van der Waals surface area contributed by atoms with Crippen molar-refractivity contribution in [3.63, 3.8) is 0 Å². The number of likely N-dealkylation sites (tertiary alicyclic amines) is 1. The van der Waals surface area contributed by atoms with Gasteiger partial charge in [-0.15, -0.1) is 0 Å². The lowest BCUT2D eigenvalue weighted by atomic mass is 9.69. The maximum atomic E-state index is 14.2. The van der Waals surface area contributed by atoms with Gasteiger partial charge in [0.25, 0.3) is 0 Å². The molecule has 1 saturated heterocycles. The SMILES string of the molecule is CCOC(=O)[C@H]1[C@@H]2C(=O)N([C@H](CO)c3ccccc3)[C@H](C(=O)Nc3cc(C)ccc3C)[C@H]2C=C[C@H]1CC. The van der Waals surface area contributed by atoms with Gasteiger partial charge in [-0.1, -0.05) is 61.5 Å². The number of anilines is 1. The van der Waals surface area contributed by atoms with E-state index in [4.69, 9.17) is 4.74 Å². The summed E-state index contributed by atoms with van der Waals surface area (Å²) in [6.07, 6.45) is 4.53. The topological polar surface area (TPSA) is 95.9 Å². The fraction of sp³-hybridized carbons (Fsp3) is 0.433. The molecule has 196 valence electrons. The van der Waals surface area contributed by atoms with Crippen LogP contribution in [0.3, 0.4) is 0 Å². The first kappa shape index (κ1) is 26.6. The number of carbonyl (C=O) groups is 3. The van der Waals surface area contributed by atoms with Gasteiger partial charge in [0.05, 0.1) is 31.1 Å². The van der Waals surface area contributed by atoms with E-state index in [1.807, 2.05) is 81.5 Å². The third-order valence-corrected chi connectivity index (χ3v) is 7.69. The molecule has 7 nitrogen and oxygen atoms in total. The minimum atomic E-state index is -0.902. The molecule has 1 fully saturated rings. The fourth-order valence-electron chi connectivity index (χ4n) is 5.84. The number of hydrogen-bond donors (Lipinski definition) is 2. The molecule has 1 aliphatic heterocycles. The third kappa shape index (κ3) is 5.05. The van der Waals surface area contributed by atoms with Crippen molar-refractivity contribution in [3.05, 3.63) is 77.4 Å². The Kier molecular flexibility index (Phi) is 8.13. The zero-order valence-corrected chi connectivity index (χ0v) is 21.9. The van der Waals surface area contributed by atoms with Crippen molar-refractivity contribution in [2.75, 3.05) is 18.5 Å². The highest BCUT2D eigenvalue weighted by Crippen LogP contribution is 2.48. The molecule has 2 amide bonds. The highest BCUT2D eigenvalue weighted by Gasteiger charge is 2.59. The van der Waals surface area contributed by atoms with Gasteiger partial charge in [-0.25, -0.2) is 0 Å². The Balaban J connectivity index is 1.80. The number of rotatable bonds is 8. The van der Waals surface area contributed by atoms with Gasteiger partial charge in [0, 0.05) is 11.6 Å². The van der Waals surface area contributed by atoms with Crippen LogP contribution in [0.15, 0.2) is 60.7 Å². The average molecular weight is 505 g/mol. The zero-order chi connectivity index (χ0) is 26.7. The summed E-state index contributed by atoms with van der Waals surface area (Å²) in [5.74, 6) is -3.22. The number of nitrogens with zero attached hydrogens (tertiary/aromatic N) is 1. The molecule has 37 heavy (non-hydrogen) atoms. The van der Waals surface area contributed by atoms with E-state index in [0.717, 1.165) is 16.7 Å². The summed E-state index contributed by atoms with van der Waals surface area (Å²) >= 11 is 0. The van der Waals surface area contributed by atoms with Crippen LogP contribution >= 0.6 is 0 Å². The van der Waals surface area contributed by atoms with Crippen molar-refractivity contribution < 1.29 is 24.2 Å². The number of nitrogens with one attached hydrogen (secondary N) is 1. The van der Waals surface area contributed by atoms with E-state index in [1.165, 1.54) is 4.90 Å². The first-order valence-electron chi connectivity index (χ1n) is 13.0. The number of benzene rings is 2. The zero-order valence-electron chi connectivity index (χ0n) is 21.9. The summed E-state index contributed by atoms with van der Waals surface area (Å²) in [5.41, 5.74) is 3.31. The van der Waals surface area contributed by atoms with E-state index in [2.05, 4.69) is 5.32 Å². The van der Waals surface area contributed by atoms with Crippen molar-refractivity contribution in [2.45, 2.75) is 46.2 Å². The summed E-state index contributed by atoms with van der Waals surface area (Å²) in [5, 5.41) is 13.5. The number of esters is 1. The summed E-state index contributed by atoms with van der Waals surface area (Å²) in [4.78, 5) is 42.8. The minimum absolute atomic E-state index is 0.170. The molecule has 0 aromatic heterocycles. The van der Waals surface area contributed by atoms with Gasteiger partial charge in [-0.05, 0) is 55.9 Å². The van der Waals surface area contributed by atoms with Crippen LogP contribution in [0.1, 0.15) is 43.0 Å². The van der Waals surface area contributed by atoms with Crippen LogP contribution < -0.4 is 5.32 Å². The third-order valence-electron chi connectivity index (χ3n) is 7.69. The highest BCUT2D eigenvalue weighted by atomic mass is 16.5. The summed E-state index contributed by atoms with van der Waals surface area (Å²) in [7, 11) is 0. The predicted octanol–water partition coefficient (Wildman–Crippen LogP) is 4.19. The van der Waals surface area contributed by atoms with E-state index in [-0.39, 0.29) is 30.9 Å². The van der Waals surface area contributed by atoms with Gasteiger partial charge >= 0.3 is 5.97 Å². The van der Waals surface area contributed by atoms with E-state index in [9.17, 15) is 19.5 Å². The Labute approximate surface area is 218 Å². The number of fused-ring (bicyclic) bond motifs is 1. The van der Waals surface area contributed by atoms with Gasteiger partial charge in [-0.2, -0.15) is 0 Å². The molecule has 0 radical (unpaired) electrons. The number of aliphatic hydroxyl groups excluding tert-OH is 1. The normalized spacial score (nSPS) is 25.5.